The third-order valence-electron chi connectivity index (χ3n) is 11.9. The summed E-state index contributed by atoms with van der Waals surface area (Å²) in [6.45, 7) is 1.06. The van der Waals surface area contributed by atoms with Gasteiger partial charge in [-0.15, -0.1) is 0 Å². The zero-order valence-electron chi connectivity index (χ0n) is 42.4. The van der Waals surface area contributed by atoms with Gasteiger partial charge >= 0.3 is 5.97 Å². The number of likely N-dealkylation sites (tertiary alicyclic amines) is 1. The fourth-order valence-electron chi connectivity index (χ4n) is 7.74. The molecule has 0 aliphatic carbocycles. The van der Waals surface area contributed by atoms with Gasteiger partial charge in [0.15, 0.2) is 5.96 Å². The summed E-state index contributed by atoms with van der Waals surface area (Å²) < 4.78 is 0. The van der Waals surface area contributed by atoms with Crippen LogP contribution in [0.3, 0.4) is 0 Å². The van der Waals surface area contributed by atoms with Gasteiger partial charge in [0, 0.05) is 26.1 Å². The van der Waals surface area contributed by atoms with Gasteiger partial charge in [-0.3, -0.25) is 43.3 Å². The molecule has 1 aromatic rings. The van der Waals surface area contributed by atoms with Crippen LogP contribution in [0.15, 0.2) is 41.0 Å². The third-order valence-corrected chi connectivity index (χ3v) is 11.9. The number of carboxylic acid groups (broad SMARTS) is 1. The summed E-state index contributed by atoms with van der Waals surface area (Å²) in [6.07, 6.45) is 2.44. The number of hydrogen-bond acceptors (Lipinski definition) is 17. The fourth-order valence-corrected chi connectivity index (χ4v) is 7.74. The first-order chi connectivity index (χ1) is 35.7. The van der Waals surface area contributed by atoms with E-state index in [9.17, 15) is 58.6 Å². The number of unbranched alkanes of at least 4 members (excludes halogenated alkanes) is 2. The average Bonchev–Trinajstić information content (AvgIpc) is 3.88. The molecule has 0 aromatic heterocycles. The van der Waals surface area contributed by atoms with Crippen LogP contribution >= 0.6 is 0 Å². The zero-order chi connectivity index (χ0) is 56.0. The predicted octanol–water partition coefficient (Wildman–Crippen LogP) is -5.96. The standard InChI is InChI=1S/C47H77N17O11/c1-27(58-44(72)38(36(65)25-52)63-40(68)30(53)13-4-6-18-48)39(67)57-26-37(66)59-32(15-8-20-50)45(73)64-22-10-17-35(64)43(71)62-34(23-28-11-2-3-12-29(28)24-51)42(70)60-31(14-5-7-19-49)41(69)61-33(46(74)75)16-9-21-56-47(54)55/h2-3,11-12,16,27,30-32,34-36,38,65H,4-10,13-15,17-23,25-26,48-50,52-53H2,1H3,(H,57,67)(H,58,72)(H,59,66)(H,60,70)(H,61,69)(H,62,71)(H,63,68)(H,74,75)(H4,54,55,56)/b33-16-/t27-,30?,31-,32+,34-,35-,36-,38-/m0/s1. The van der Waals surface area contributed by atoms with E-state index in [1.165, 1.54) is 24.0 Å². The van der Waals surface area contributed by atoms with E-state index in [1.807, 2.05) is 6.07 Å². The maximum Gasteiger partial charge on any atom is 0.352 e. The molecule has 2 rings (SSSR count). The van der Waals surface area contributed by atoms with E-state index in [2.05, 4.69) is 42.2 Å². The number of amides is 8. The Morgan fingerprint density at radius 3 is 2.08 bits per heavy atom. The molecule has 1 unspecified atom stereocenters. The number of hydrogen-bond donors (Lipinski definition) is 16. The topological polar surface area (TPSA) is 500 Å². The molecule has 1 heterocycles. The Kier molecular flexibility index (Phi) is 29.1. The minimum atomic E-state index is -1.57. The van der Waals surface area contributed by atoms with Crippen molar-refractivity contribution in [1.29, 1.82) is 5.26 Å². The van der Waals surface area contributed by atoms with Crippen molar-refractivity contribution < 1.29 is 53.4 Å². The van der Waals surface area contributed by atoms with Crippen LogP contribution in [0, 0.1) is 11.3 Å². The van der Waals surface area contributed by atoms with Crippen molar-refractivity contribution >= 4 is 59.2 Å². The summed E-state index contributed by atoms with van der Waals surface area (Å²) in [4.78, 5) is 126. The quantitative estimate of drug-likeness (QED) is 0.0132. The van der Waals surface area contributed by atoms with E-state index in [0.29, 0.717) is 44.2 Å². The number of benzene rings is 1. The molecule has 23 N–H and O–H groups in total. The minimum absolute atomic E-state index is 0.0134. The molecule has 75 heavy (non-hydrogen) atoms. The number of nitrogens with two attached hydrogens (primary N) is 7. The molecule has 1 fully saturated rings. The highest BCUT2D eigenvalue weighted by Crippen LogP contribution is 2.21. The summed E-state index contributed by atoms with van der Waals surface area (Å²) in [7, 11) is 0. The molecule has 0 spiro atoms. The zero-order valence-corrected chi connectivity index (χ0v) is 42.4. The van der Waals surface area contributed by atoms with Gasteiger partial charge < -0.3 is 92.5 Å². The molecule has 8 atom stereocenters. The molecule has 28 nitrogen and oxygen atoms in total. The molecule has 416 valence electrons. The van der Waals surface area contributed by atoms with Gasteiger partial charge in [0.2, 0.25) is 47.3 Å². The molecule has 28 heteroatoms. The van der Waals surface area contributed by atoms with Gasteiger partial charge in [-0.2, -0.15) is 5.26 Å². The number of guanidine groups is 1. The molecule has 1 aromatic carbocycles. The van der Waals surface area contributed by atoms with Crippen molar-refractivity contribution in [3.63, 3.8) is 0 Å². The number of aliphatic hydroxyl groups excluding tert-OH is 1. The summed E-state index contributed by atoms with van der Waals surface area (Å²) in [5.41, 5.74) is 39.2. The van der Waals surface area contributed by atoms with Crippen LogP contribution in [-0.4, -0.2) is 169 Å². The second-order valence-electron chi connectivity index (χ2n) is 17.8. The number of aliphatic carboxylic acids is 1. The monoisotopic (exact) mass is 1060 g/mol. The lowest BCUT2D eigenvalue weighted by Crippen LogP contribution is -2.60. The van der Waals surface area contributed by atoms with Gasteiger partial charge in [-0.1, -0.05) is 30.7 Å². The number of carboxylic acids is 1. The molecular formula is C47H77N17O11. The van der Waals surface area contributed by atoms with E-state index < -0.39 is 120 Å². The number of aliphatic hydroxyl groups is 1. The number of nitrogens with one attached hydrogen (secondary N) is 7. The predicted molar refractivity (Wildman–Crippen MR) is 274 cm³/mol. The van der Waals surface area contributed by atoms with Gasteiger partial charge in [-0.05, 0) is 102 Å². The SMILES string of the molecule is C[C@H](NC(=O)[C@@H](NC(=O)C(N)CCCCN)[C@@H](O)CN)C(=O)NCC(=O)N[C@H](CCCN)C(=O)N1CCC[C@H]1C(=O)N[C@@H](Cc1ccccc1C#N)C(=O)N[C@@H](CCCCN)C(=O)N/C(=C\CCN=C(N)N)C(=O)O. The first kappa shape index (κ1) is 63.8. The van der Waals surface area contributed by atoms with E-state index in [0.717, 1.165) is 0 Å². The summed E-state index contributed by atoms with van der Waals surface area (Å²) in [6, 6.07) is -0.692. The Morgan fingerprint density at radius 2 is 1.45 bits per heavy atom. The van der Waals surface area contributed by atoms with Gasteiger partial charge in [0.1, 0.15) is 41.9 Å². The lowest BCUT2D eigenvalue weighted by molar-refractivity contribution is -0.142. The molecule has 0 bridgehead atoms. The lowest BCUT2D eigenvalue weighted by atomic mass is 9.99. The first-order valence-electron chi connectivity index (χ1n) is 24.8. The van der Waals surface area contributed by atoms with Crippen molar-refractivity contribution in [3.05, 3.63) is 47.2 Å². The maximum atomic E-state index is 14.3. The van der Waals surface area contributed by atoms with E-state index >= 15 is 0 Å². The minimum Gasteiger partial charge on any atom is -0.477 e. The van der Waals surface area contributed by atoms with Crippen molar-refractivity contribution in [2.45, 2.75) is 132 Å². The van der Waals surface area contributed by atoms with Crippen LogP contribution in [0.2, 0.25) is 0 Å². The number of carbonyl (C=O) groups is 9. The van der Waals surface area contributed by atoms with Gasteiger partial charge in [0.25, 0.3) is 0 Å². The van der Waals surface area contributed by atoms with Crippen LogP contribution in [0.1, 0.15) is 88.7 Å². The number of nitrogens with zero attached hydrogens (tertiary/aromatic N) is 3. The Labute approximate surface area is 435 Å². The van der Waals surface area contributed by atoms with Crippen LogP contribution in [0.5, 0.6) is 0 Å². The largest absolute Gasteiger partial charge is 0.477 e. The molecular weight excluding hydrogens is 979 g/mol. The maximum absolute atomic E-state index is 14.3. The molecule has 8 amide bonds. The summed E-state index contributed by atoms with van der Waals surface area (Å²) >= 11 is 0. The Balaban J connectivity index is 2.29. The van der Waals surface area contributed by atoms with Gasteiger partial charge in [-0.25, -0.2) is 4.79 Å². The van der Waals surface area contributed by atoms with E-state index in [-0.39, 0.29) is 82.6 Å². The van der Waals surface area contributed by atoms with Crippen LogP contribution < -0.4 is 77.4 Å². The highest BCUT2D eigenvalue weighted by molar-refractivity contribution is 5.99. The van der Waals surface area contributed by atoms with Crippen LogP contribution in [0.4, 0.5) is 0 Å². The van der Waals surface area contributed by atoms with Crippen LogP contribution in [0.25, 0.3) is 0 Å². The normalized spacial score (nSPS) is 16.0. The Morgan fingerprint density at radius 1 is 0.800 bits per heavy atom. The Hall–Kier alpha value is -7.29. The van der Waals surface area contributed by atoms with Crippen LogP contribution in [-0.2, 0) is 49.6 Å². The third kappa shape index (κ3) is 22.4. The molecule has 1 saturated heterocycles. The molecule has 0 saturated carbocycles. The summed E-state index contributed by atoms with van der Waals surface area (Å²) in [5, 5.41) is 47.4. The van der Waals surface area contributed by atoms with Crippen molar-refractivity contribution in [2.24, 2.45) is 45.1 Å². The highest BCUT2D eigenvalue weighted by atomic mass is 16.4. The van der Waals surface area contributed by atoms with Crippen molar-refractivity contribution in [2.75, 3.05) is 45.8 Å². The average molecular weight is 1060 g/mol. The highest BCUT2D eigenvalue weighted by Gasteiger charge is 2.40. The number of rotatable bonds is 34. The second kappa shape index (κ2) is 34.2. The first-order valence-corrected chi connectivity index (χ1v) is 24.8. The smallest absolute Gasteiger partial charge is 0.352 e. The Bertz CT molecular complexity index is 2200. The molecule has 1 aliphatic heterocycles. The van der Waals surface area contributed by atoms with Crippen molar-refractivity contribution in [3.8, 4) is 6.07 Å². The second-order valence-corrected chi connectivity index (χ2v) is 17.8. The van der Waals surface area contributed by atoms with Gasteiger partial charge in [0.05, 0.1) is 30.3 Å². The number of carbonyl (C=O) groups excluding carboxylic acids is 8. The van der Waals surface area contributed by atoms with Crippen molar-refractivity contribution in [1.82, 2.24) is 42.1 Å². The number of aliphatic imine (C=N–C) groups is 1. The summed E-state index contributed by atoms with van der Waals surface area (Å²) in [5.74, 6) is -8.24. The fraction of sp³-hybridized carbons (Fsp3) is 0.596. The molecule has 1 aliphatic rings. The lowest BCUT2D eigenvalue weighted by Gasteiger charge is -2.30. The number of nitriles is 1. The van der Waals surface area contributed by atoms with E-state index in [1.54, 1.807) is 18.2 Å². The van der Waals surface area contributed by atoms with E-state index in [4.69, 9.17) is 40.1 Å². The molecule has 0 radical (unpaired) electrons.